The summed E-state index contributed by atoms with van der Waals surface area (Å²) in [5, 5.41) is 74.0. The Hall–Kier alpha value is -15.8. The van der Waals surface area contributed by atoms with Gasteiger partial charge in [-0.05, 0) is 125 Å². The fourth-order valence-corrected chi connectivity index (χ4v) is 14.7. The second-order valence-electron chi connectivity index (χ2n) is 29.0. The predicted molar refractivity (Wildman–Crippen MR) is 463 cm³/mol. The number of halogens is 4. The highest BCUT2D eigenvalue weighted by atomic mass is 35.5. The fourth-order valence-electron chi connectivity index (χ4n) is 14.3. The van der Waals surface area contributed by atoms with Crippen molar-refractivity contribution < 1.29 is 62.2 Å². The van der Waals surface area contributed by atoms with Crippen LogP contribution in [-0.2, 0) is 51.4 Å². The number of nitrogen functional groups attached to an aromatic ring is 1. The van der Waals surface area contributed by atoms with Crippen LogP contribution in [0.4, 0.5) is 14.5 Å². The van der Waals surface area contributed by atoms with Crippen molar-refractivity contribution >= 4 is 51.5 Å². The second-order valence-corrected chi connectivity index (χ2v) is 29.8. The minimum Gasteiger partial charge on any atom is -0.508 e. The van der Waals surface area contributed by atoms with E-state index < -0.39 is 5.82 Å². The van der Waals surface area contributed by atoms with Crippen molar-refractivity contribution in [2.45, 2.75) is 51.4 Å². The van der Waals surface area contributed by atoms with Crippen LogP contribution in [0.2, 0.25) is 10.0 Å². The number of anilines is 1. The summed E-state index contributed by atoms with van der Waals surface area (Å²) in [5.74, 6) is 1.98. The highest BCUT2D eigenvalue weighted by molar-refractivity contribution is 6.34. The monoisotopic (exact) mass is 1690 g/mol. The van der Waals surface area contributed by atoms with E-state index in [0.29, 0.717) is 182 Å². The first-order valence-corrected chi connectivity index (χ1v) is 39.8. The molecule has 0 aliphatic carbocycles. The van der Waals surface area contributed by atoms with Crippen LogP contribution in [0.15, 0.2) is 310 Å². The first kappa shape index (κ1) is 80.6. The molecule has 0 amide bonds. The molecule has 616 valence electrons. The van der Waals surface area contributed by atoms with Gasteiger partial charge in [0.05, 0.1) is 112 Å². The number of phenols is 3. The number of imidazole rings is 4. The van der Waals surface area contributed by atoms with Crippen LogP contribution in [0.25, 0.3) is 67.6 Å². The van der Waals surface area contributed by atoms with Crippen LogP contribution >= 0.6 is 23.2 Å². The molecular formula is C96H73Cl2F2N13O11. The summed E-state index contributed by atoms with van der Waals surface area (Å²) in [6.45, 7) is 0. The Morgan fingerprint density at radius 1 is 0.306 bits per heavy atom. The van der Waals surface area contributed by atoms with Gasteiger partial charge in [-0.3, -0.25) is 17.6 Å². The third-order valence-electron chi connectivity index (χ3n) is 20.4. The molecule has 124 heavy (non-hydrogen) atoms. The van der Waals surface area contributed by atoms with E-state index in [0.717, 1.165) is 22.3 Å². The Balaban J connectivity index is 0.000000117. The largest absolute Gasteiger partial charge is 0.508 e. The van der Waals surface area contributed by atoms with E-state index in [4.69, 9.17) is 66.5 Å². The smallest absolute Gasteiger partial charge is 0.219 e. The fraction of sp³-hybridized carbons (Fsp3) is 0.0833. The van der Waals surface area contributed by atoms with Crippen LogP contribution in [0.1, 0.15) is 90.8 Å². The van der Waals surface area contributed by atoms with E-state index in [1.165, 1.54) is 24.3 Å². The van der Waals surface area contributed by atoms with Crippen molar-refractivity contribution in [2.75, 3.05) is 5.73 Å². The van der Waals surface area contributed by atoms with Crippen LogP contribution in [0.3, 0.4) is 0 Å². The van der Waals surface area contributed by atoms with E-state index >= 15 is 0 Å². The standard InChI is InChI=1S/2C24H18ClN3O3.C24H19FN4O2.C24H18FN3O3/c25-22-17(9-4-10-21(22)29)20-14-28-23(18(26-20)12-15-6-2-1-3-7-15)27-19(24(28)30)13-16-8-5-11-31-16;25-18-9-8-16(12-22(18)29)21-14-28-23(19(26-21)11-15-5-2-1-3-6-15)27-20(24(28)30)13-17-7-4-10-31-17;25-22-17(9-4-10-18(22)26)21-14-29-23(19(27-21)12-15-6-2-1-3-7-15)28-20(24(29)30)13-16-8-5-11-31-16;25-17-8-6-15(7-9-17)11-20-23-27-21(13-19-5-2-10-31-19)24(30)28(23)14-22(26-20)16-3-1-4-18(29)12-16/h1-11,14,29-30H,12-13H2;1-10,12,14,29-30H,11,13H2;1-11,14,30H,12-13,26H2;1-10,12,14,29-30H,11,13H2. The summed E-state index contributed by atoms with van der Waals surface area (Å²) >= 11 is 12.3. The van der Waals surface area contributed by atoms with Crippen molar-refractivity contribution in [3.63, 3.8) is 0 Å². The summed E-state index contributed by atoms with van der Waals surface area (Å²) in [4.78, 5) is 37.7. The lowest BCUT2D eigenvalue weighted by Gasteiger charge is -2.10. The first-order valence-electron chi connectivity index (χ1n) is 39.0. The molecule has 24 nitrogen and oxygen atoms in total. The van der Waals surface area contributed by atoms with E-state index in [1.54, 1.807) is 165 Å². The molecule has 0 atom stereocenters. The lowest BCUT2D eigenvalue weighted by Crippen LogP contribution is -2.02. The molecule has 0 bridgehead atoms. The van der Waals surface area contributed by atoms with Crippen molar-refractivity contribution in [1.82, 2.24) is 57.5 Å². The Morgan fingerprint density at radius 2 is 0.661 bits per heavy atom. The molecule has 28 heteroatoms. The third kappa shape index (κ3) is 17.8. The number of hydrogen-bond donors (Lipinski definition) is 8. The average Bonchev–Trinajstić information content (AvgIpc) is 1.63. The Morgan fingerprint density at radius 3 is 1.05 bits per heavy atom. The number of fused-ring (bicyclic) bond motifs is 4. The Kier molecular flexibility index (Phi) is 23.2. The van der Waals surface area contributed by atoms with E-state index in [1.807, 2.05) is 121 Å². The summed E-state index contributed by atoms with van der Waals surface area (Å²) in [7, 11) is 0. The lowest BCUT2D eigenvalue weighted by atomic mass is 10.1. The number of aromatic hydroxyl groups is 7. The predicted octanol–water partition coefficient (Wildman–Crippen LogP) is 19.8. The second kappa shape index (κ2) is 35.6. The molecule has 20 rings (SSSR count). The number of benzene rings is 8. The summed E-state index contributed by atoms with van der Waals surface area (Å²) in [5.41, 5.74) is 20.8. The molecule has 0 unspecified atom stereocenters. The summed E-state index contributed by atoms with van der Waals surface area (Å²) in [6.07, 6.45) is 16.3. The molecule has 0 aliphatic rings. The number of rotatable bonds is 20. The van der Waals surface area contributed by atoms with Gasteiger partial charge in [-0.1, -0.05) is 163 Å². The van der Waals surface area contributed by atoms with Gasteiger partial charge in [0.25, 0.3) is 0 Å². The molecule has 0 saturated heterocycles. The molecule has 12 heterocycles. The first-order chi connectivity index (χ1) is 60.3. The Bertz CT molecular complexity index is 6940. The minimum absolute atomic E-state index is 0.00411. The molecule has 12 aromatic heterocycles. The van der Waals surface area contributed by atoms with Crippen molar-refractivity contribution in [3.8, 4) is 85.8 Å². The van der Waals surface area contributed by atoms with Crippen molar-refractivity contribution in [2.24, 2.45) is 0 Å². The molecule has 8 aromatic carbocycles. The maximum absolute atomic E-state index is 14.7. The molecule has 9 N–H and O–H groups in total. The molecule has 0 fully saturated rings. The normalized spacial score (nSPS) is 11.3. The van der Waals surface area contributed by atoms with Crippen LogP contribution in [-0.4, -0.2) is 93.2 Å². The van der Waals surface area contributed by atoms with E-state index in [2.05, 4.69) is 19.9 Å². The summed E-state index contributed by atoms with van der Waals surface area (Å²) in [6, 6.07) is 71.8. The zero-order valence-electron chi connectivity index (χ0n) is 65.6. The summed E-state index contributed by atoms with van der Waals surface area (Å²) < 4.78 is 56.1. The lowest BCUT2D eigenvalue weighted by molar-refractivity contribution is 0.438. The van der Waals surface area contributed by atoms with E-state index in [9.17, 15) is 44.5 Å². The van der Waals surface area contributed by atoms with Gasteiger partial charge >= 0.3 is 0 Å². The quantitative estimate of drug-likeness (QED) is 0.0329. The molecule has 20 aromatic rings. The van der Waals surface area contributed by atoms with E-state index in [-0.39, 0.29) is 67.9 Å². The van der Waals surface area contributed by atoms with Crippen molar-refractivity contribution in [3.05, 3.63) is 405 Å². The topological polar surface area (TPSA) is 341 Å². The zero-order valence-corrected chi connectivity index (χ0v) is 67.1. The minimum atomic E-state index is -0.546. The number of hydrogen-bond acceptors (Lipinski definition) is 20. The SMILES string of the molecule is Nc1cccc(-c2cn3c(O)c(Cc4ccco4)nc3c(Cc3ccccc3)n2)c1F.Oc1cc(-c2cn3c(O)c(Cc4ccco4)nc3c(Cc3ccccc3)n2)ccc1Cl.Oc1cccc(-c2cn3c(O)c(Cc4ccco4)nc3c(Cc3ccc(F)cc3)n2)c1.Oc1cccc(-c2cn3c(O)c(Cc4ccco4)nc3c(Cc3ccccc3)n2)c1Cl. The number of phenolic OH excluding ortho intramolecular Hbond substituents is 3. The van der Waals surface area contributed by atoms with Gasteiger partial charge in [-0.25, -0.2) is 48.7 Å². The van der Waals surface area contributed by atoms with Gasteiger partial charge in [0.2, 0.25) is 23.5 Å². The van der Waals surface area contributed by atoms with Gasteiger partial charge in [-0.15, -0.1) is 0 Å². The highest BCUT2D eigenvalue weighted by Crippen LogP contribution is 2.39. The Labute approximate surface area is 714 Å². The van der Waals surface area contributed by atoms with Gasteiger partial charge in [0, 0.05) is 72.7 Å². The molecular weight excluding hydrogens is 1620 g/mol. The maximum Gasteiger partial charge on any atom is 0.219 e. The van der Waals surface area contributed by atoms with Gasteiger partial charge < -0.3 is 59.1 Å². The molecule has 0 saturated carbocycles. The number of nitrogens with two attached hydrogens (primary N) is 1. The van der Waals surface area contributed by atoms with Crippen LogP contribution < -0.4 is 5.73 Å². The molecule has 0 aliphatic heterocycles. The van der Waals surface area contributed by atoms with Gasteiger partial charge in [-0.2, -0.15) is 0 Å². The molecule has 0 radical (unpaired) electrons. The highest BCUT2D eigenvalue weighted by Gasteiger charge is 2.26. The van der Waals surface area contributed by atoms with Crippen LogP contribution in [0, 0.1) is 11.6 Å². The third-order valence-corrected chi connectivity index (χ3v) is 21.2. The van der Waals surface area contributed by atoms with Crippen LogP contribution in [0.5, 0.6) is 40.8 Å². The molecule has 0 spiro atoms. The van der Waals surface area contributed by atoms with Crippen molar-refractivity contribution in [1.29, 1.82) is 0 Å². The zero-order chi connectivity index (χ0) is 85.5. The number of nitrogens with zero attached hydrogens (tertiary/aromatic N) is 12. The number of aromatic nitrogens is 12. The van der Waals surface area contributed by atoms with Gasteiger partial charge in [0.1, 0.15) is 68.9 Å². The maximum atomic E-state index is 14.7. The number of furan rings is 4. The van der Waals surface area contributed by atoms with Gasteiger partial charge in [0.15, 0.2) is 28.4 Å². The average molecular weight is 1690 g/mol.